The van der Waals surface area contributed by atoms with Gasteiger partial charge in [-0.2, -0.15) is 0 Å². The minimum absolute atomic E-state index is 0.185. The summed E-state index contributed by atoms with van der Waals surface area (Å²) in [5, 5.41) is 6.50. The highest BCUT2D eigenvalue weighted by Gasteiger charge is 2.29. The van der Waals surface area contributed by atoms with Crippen LogP contribution in [-0.2, 0) is 14.8 Å². The van der Waals surface area contributed by atoms with Gasteiger partial charge in [-0.25, -0.2) is 8.42 Å². The molecular formula is C32H32N4O3S. The van der Waals surface area contributed by atoms with E-state index in [0.29, 0.717) is 30.0 Å². The number of amides is 1. The summed E-state index contributed by atoms with van der Waals surface area (Å²) in [6, 6.07) is 33.0. The first-order valence-corrected chi connectivity index (χ1v) is 14.9. The van der Waals surface area contributed by atoms with Crippen molar-refractivity contribution in [3.63, 3.8) is 0 Å². The Morgan fingerprint density at radius 2 is 1.45 bits per heavy atom. The Hall–Kier alpha value is -4.40. The van der Waals surface area contributed by atoms with Crippen molar-refractivity contribution in [2.45, 2.75) is 0 Å². The van der Waals surface area contributed by atoms with Crippen LogP contribution in [0.3, 0.4) is 0 Å². The van der Waals surface area contributed by atoms with E-state index in [4.69, 9.17) is 0 Å². The van der Waals surface area contributed by atoms with Crippen molar-refractivity contribution in [2.75, 3.05) is 48.4 Å². The fourth-order valence-electron chi connectivity index (χ4n) is 4.75. The van der Waals surface area contributed by atoms with Crippen molar-refractivity contribution in [2.24, 2.45) is 0 Å². The normalized spacial score (nSPS) is 14.1. The summed E-state index contributed by atoms with van der Waals surface area (Å²) in [7, 11) is 0.371. The summed E-state index contributed by atoms with van der Waals surface area (Å²) in [5.41, 5.74) is 7.08. The van der Waals surface area contributed by atoms with Crippen molar-refractivity contribution < 1.29 is 13.2 Å². The highest BCUT2D eigenvalue weighted by Crippen LogP contribution is 2.39. The molecule has 0 spiro atoms. The molecule has 0 atom stereocenters. The number of benzene rings is 4. The van der Waals surface area contributed by atoms with Gasteiger partial charge in [0.15, 0.2) is 0 Å². The molecule has 204 valence electrons. The smallest absolute Gasteiger partial charge is 0.258 e. The number of nitrogens with zero attached hydrogens (tertiary/aromatic N) is 2. The summed E-state index contributed by atoms with van der Waals surface area (Å²) in [6.45, 7) is 0.942. The predicted octanol–water partition coefficient (Wildman–Crippen LogP) is 5.61. The molecule has 0 fully saturated rings. The Kier molecular flexibility index (Phi) is 7.73. The third-order valence-corrected chi connectivity index (χ3v) is 7.95. The van der Waals surface area contributed by atoms with Crippen LogP contribution in [0.15, 0.2) is 103 Å². The average molecular weight is 553 g/mol. The van der Waals surface area contributed by atoms with Gasteiger partial charge in [-0.3, -0.25) is 9.10 Å². The van der Waals surface area contributed by atoms with Crippen LogP contribution in [0.2, 0.25) is 0 Å². The number of nitrogens with one attached hydrogen (secondary N) is 2. The van der Waals surface area contributed by atoms with E-state index in [0.717, 1.165) is 33.6 Å². The molecule has 40 heavy (non-hydrogen) atoms. The molecule has 0 unspecified atom stereocenters. The van der Waals surface area contributed by atoms with Crippen molar-refractivity contribution >= 4 is 44.3 Å². The third kappa shape index (κ3) is 5.93. The van der Waals surface area contributed by atoms with E-state index < -0.39 is 10.0 Å². The zero-order valence-electron chi connectivity index (χ0n) is 22.8. The Morgan fingerprint density at radius 3 is 2.08 bits per heavy atom. The lowest BCUT2D eigenvalue weighted by Gasteiger charge is -2.24. The van der Waals surface area contributed by atoms with Crippen LogP contribution in [0.4, 0.5) is 17.1 Å². The van der Waals surface area contributed by atoms with Crippen LogP contribution in [0.5, 0.6) is 0 Å². The molecule has 0 bridgehead atoms. The van der Waals surface area contributed by atoms with E-state index in [9.17, 15) is 13.2 Å². The Balaban J connectivity index is 1.52. The van der Waals surface area contributed by atoms with Crippen LogP contribution < -0.4 is 14.9 Å². The molecule has 7 nitrogen and oxygen atoms in total. The van der Waals surface area contributed by atoms with Gasteiger partial charge >= 0.3 is 0 Å². The number of hydrogen-bond donors (Lipinski definition) is 2. The Morgan fingerprint density at radius 1 is 0.800 bits per heavy atom. The van der Waals surface area contributed by atoms with Gasteiger partial charge in [0.25, 0.3) is 5.91 Å². The third-order valence-electron chi connectivity index (χ3n) is 6.76. The number of carbonyl (C=O) groups excluding carboxylic acids is 1. The van der Waals surface area contributed by atoms with Gasteiger partial charge in [0, 0.05) is 30.0 Å². The number of sulfonamides is 1. The second-order valence-corrected chi connectivity index (χ2v) is 11.9. The Labute approximate surface area is 235 Å². The standard InChI is InChI=1S/C32H32N4O3S/c1-35(2)20-21-36(40(3,38)39)27-17-15-26(16-18-27)33-31(24-12-8-5-9-13-24)30-28-19-14-25(22-29(28)34-32(30)37)23-10-6-4-7-11-23/h4-19,22,33H,20-21H2,1-3H3,(H,34,37)/b31-30+. The van der Waals surface area contributed by atoms with Crippen molar-refractivity contribution in [1.82, 2.24) is 4.90 Å². The maximum Gasteiger partial charge on any atom is 0.258 e. The van der Waals surface area contributed by atoms with Gasteiger partial charge in [-0.1, -0.05) is 72.8 Å². The highest BCUT2D eigenvalue weighted by molar-refractivity contribution is 7.92. The molecule has 0 aromatic heterocycles. The maximum absolute atomic E-state index is 13.4. The Bertz CT molecular complexity index is 1650. The molecule has 8 heteroatoms. The molecule has 1 aliphatic rings. The first-order valence-electron chi connectivity index (χ1n) is 13.0. The number of likely N-dealkylation sites (N-methyl/N-ethyl adjacent to an activating group) is 1. The van der Waals surface area contributed by atoms with E-state index in [1.54, 1.807) is 12.1 Å². The summed E-state index contributed by atoms with van der Waals surface area (Å²) in [5.74, 6) is -0.185. The van der Waals surface area contributed by atoms with E-state index in [2.05, 4.69) is 10.6 Å². The molecule has 1 heterocycles. The monoisotopic (exact) mass is 552 g/mol. The van der Waals surface area contributed by atoms with Crippen LogP contribution in [0, 0.1) is 0 Å². The topological polar surface area (TPSA) is 81.8 Å². The van der Waals surface area contributed by atoms with Gasteiger partial charge in [-0.05, 0) is 61.1 Å². The van der Waals surface area contributed by atoms with Gasteiger partial charge in [0.1, 0.15) is 0 Å². The first kappa shape index (κ1) is 27.2. The average Bonchev–Trinajstić information content (AvgIpc) is 3.27. The van der Waals surface area contributed by atoms with E-state index >= 15 is 0 Å². The van der Waals surface area contributed by atoms with Gasteiger partial charge in [0.05, 0.1) is 23.2 Å². The van der Waals surface area contributed by atoms with Crippen LogP contribution >= 0.6 is 0 Å². The minimum atomic E-state index is -3.45. The lowest BCUT2D eigenvalue weighted by atomic mass is 9.97. The molecule has 4 aromatic rings. The number of fused-ring (bicyclic) bond motifs is 1. The van der Waals surface area contributed by atoms with Gasteiger partial charge in [-0.15, -0.1) is 0 Å². The van der Waals surface area contributed by atoms with Gasteiger partial charge in [0.2, 0.25) is 10.0 Å². The van der Waals surface area contributed by atoms with E-state index in [1.165, 1.54) is 10.6 Å². The SMILES string of the molecule is CN(C)CCN(c1ccc(N/C(=C2/C(=O)Nc3cc(-c4ccccc4)ccc32)c2ccccc2)cc1)S(C)(=O)=O. The van der Waals surface area contributed by atoms with Crippen molar-refractivity contribution in [3.8, 4) is 11.1 Å². The molecule has 5 rings (SSSR count). The summed E-state index contributed by atoms with van der Waals surface area (Å²) < 4.78 is 26.3. The molecule has 1 aliphatic heterocycles. The quantitative estimate of drug-likeness (QED) is 0.264. The zero-order chi connectivity index (χ0) is 28.3. The predicted molar refractivity (Wildman–Crippen MR) is 165 cm³/mol. The number of rotatable bonds is 9. The summed E-state index contributed by atoms with van der Waals surface area (Å²) in [4.78, 5) is 15.3. The van der Waals surface area contributed by atoms with E-state index in [1.807, 2.05) is 110 Å². The number of hydrogen-bond acceptors (Lipinski definition) is 5. The van der Waals surface area contributed by atoms with Crippen molar-refractivity contribution in [1.29, 1.82) is 0 Å². The molecular weight excluding hydrogens is 520 g/mol. The zero-order valence-corrected chi connectivity index (χ0v) is 23.6. The molecule has 1 amide bonds. The lowest BCUT2D eigenvalue weighted by Crippen LogP contribution is -2.35. The second kappa shape index (κ2) is 11.4. The molecule has 0 saturated carbocycles. The summed E-state index contributed by atoms with van der Waals surface area (Å²) in [6.07, 6.45) is 1.21. The van der Waals surface area contributed by atoms with Crippen LogP contribution in [0.1, 0.15) is 11.1 Å². The molecule has 0 aliphatic carbocycles. The largest absolute Gasteiger partial charge is 0.354 e. The van der Waals surface area contributed by atoms with E-state index in [-0.39, 0.29) is 5.91 Å². The number of anilines is 3. The van der Waals surface area contributed by atoms with Gasteiger partial charge < -0.3 is 15.5 Å². The van der Waals surface area contributed by atoms with Crippen LogP contribution in [0.25, 0.3) is 22.4 Å². The van der Waals surface area contributed by atoms with Crippen molar-refractivity contribution in [3.05, 3.63) is 114 Å². The summed E-state index contributed by atoms with van der Waals surface area (Å²) >= 11 is 0. The lowest BCUT2D eigenvalue weighted by molar-refractivity contribution is -0.110. The molecule has 2 N–H and O–H groups in total. The molecule has 0 saturated heterocycles. The molecule has 0 radical (unpaired) electrons. The highest BCUT2D eigenvalue weighted by atomic mass is 32.2. The fraction of sp³-hybridized carbons (Fsp3) is 0.156. The fourth-order valence-corrected chi connectivity index (χ4v) is 5.67. The maximum atomic E-state index is 13.4. The molecule has 4 aromatic carbocycles. The number of carbonyl (C=O) groups is 1. The first-order chi connectivity index (χ1) is 19.2. The second-order valence-electron chi connectivity index (χ2n) is 10.0. The minimum Gasteiger partial charge on any atom is -0.354 e. The van der Waals surface area contributed by atoms with Crippen LogP contribution in [-0.4, -0.2) is 52.7 Å².